The minimum absolute atomic E-state index is 0.123. The van der Waals surface area contributed by atoms with Crippen molar-refractivity contribution in [2.24, 2.45) is 0 Å². The van der Waals surface area contributed by atoms with Crippen LogP contribution >= 0.6 is 0 Å². The number of ether oxygens (including phenoxy) is 1. The van der Waals surface area contributed by atoms with Gasteiger partial charge in [0.2, 0.25) is 0 Å². The summed E-state index contributed by atoms with van der Waals surface area (Å²) in [6.45, 7) is 5.33. The Hall–Kier alpha value is -0.120. The van der Waals surface area contributed by atoms with Crippen molar-refractivity contribution in [1.82, 2.24) is 4.90 Å². The summed E-state index contributed by atoms with van der Waals surface area (Å²) < 4.78 is 6.06. The fourth-order valence-electron chi connectivity index (χ4n) is 3.31. The van der Waals surface area contributed by atoms with Crippen LogP contribution in [0.3, 0.4) is 0 Å². The van der Waals surface area contributed by atoms with Gasteiger partial charge in [-0.05, 0) is 46.6 Å². The number of aliphatic hydroxyl groups is 1. The third-order valence-corrected chi connectivity index (χ3v) is 4.87. The third-order valence-electron chi connectivity index (χ3n) is 4.87. The molecule has 17 heavy (non-hydrogen) atoms. The molecule has 1 atom stereocenters. The molecule has 0 amide bonds. The van der Waals surface area contributed by atoms with Gasteiger partial charge in [0.1, 0.15) is 0 Å². The highest BCUT2D eigenvalue weighted by Gasteiger charge is 2.42. The zero-order chi connectivity index (χ0) is 12.5. The first kappa shape index (κ1) is 13.3. The van der Waals surface area contributed by atoms with E-state index in [0.717, 1.165) is 19.4 Å². The van der Waals surface area contributed by atoms with Crippen LogP contribution in [0, 0.1) is 0 Å². The summed E-state index contributed by atoms with van der Waals surface area (Å²) in [7, 11) is 2.15. The molecule has 0 aromatic rings. The van der Waals surface area contributed by atoms with Gasteiger partial charge in [-0.1, -0.05) is 12.8 Å². The van der Waals surface area contributed by atoms with Crippen LogP contribution < -0.4 is 0 Å². The van der Waals surface area contributed by atoms with Crippen LogP contribution in [0.1, 0.15) is 52.4 Å². The second-order valence-corrected chi connectivity index (χ2v) is 6.47. The topological polar surface area (TPSA) is 32.7 Å². The Kier molecular flexibility index (Phi) is 3.81. The molecule has 1 aliphatic carbocycles. The Morgan fingerprint density at radius 3 is 2.59 bits per heavy atom. The van der Waals surface area contributed by atoms with Crippen LogP contribution in [0.5, 0.6) is 0 Å². The Balaban J connectivity index is 2.02. The quantitative estimate of drug-likeness (QED) is 0.822. The van der Waals surface area contributed by atoms with Gasteiger partial charge in [0, 0.05) is 18.2 Å². The van der Waals surface area contributed by atoms with Gasteiger partial charge in [-0.2, -0.15) is 0 Å². The molecule has 2 fully saturated rings. The molecule has 3 nitrogen and oxygen atoms in total. The fourth-order valence-corrected chi connectivity index (χ4v) is 3.31. The first-order valence-electron chi connectivity index (χ1n) is 6.97. The van der Waals surface area contributed by atoms with E-state index in [1.807, 2.05) is 0 Å². The summed E-state index contributed by atoms with van der Waals surface area (Å²) in [4.78, 5) is 2.36. The zero-order valence-electron chi connectivity index (χ0n) is 11.5. The summed E-state index contributed by atoms with van der Waals surface area (Å²) in [6.07, 6.45) is 7.35. The smallest absolute Gasteiger partial charge is 0.0697 e. The summed E-state index contributed by atoms with van der Waals surface area (Å²) in [6, 6.07) is 0.559. The molecular formula is C14H27NO2. The monoisotopic (exact) mass is 241 g/mol. The Labute approximate surface area is 105 Å². The molecule has 1 aliphatic heterocycles. The number of hydrogen-bond acceptors (Lipinski definition) is 3. The van der Waals surface area contributed by atoms with Crippen molar-refractivity contribution < 1.29 is 9.84 Å². The van der Waals surface area contributed by atoms with E-state index in [1.165, 1.54) is 25.7 Å². The Morgan fingerprint density at radius 2 is 2.00 bits per heavy atom. The van der Waals surface area contributed by atoms with E-state index in [4.69, 9.17) is 4.74 Å². The van der Waals surface area contributed by atoms with E-state index < -0.39 is 0 Å². The first-order valence-corrected chi connectivity index (χ1v) is 6.97. The van der Waals surface area contributed by atoms with Crippen molar-refractivity contribution in [3.05, 3.63) is 0 Å². The standard InChI is InChI=1S/C14H27NO2/c1-13(2,11-16)15(3)12-6-9-17-14(10-12)7-4-5-8-14/h12,16H,4-11H2,1-3H3. The number of hydrogen-bond donors (Lipinski definition) is 1. The highest BCUT2D eigenvalue weighted by molar-refractivity contribution is 4.96. The normalized spacial score (nSPS) is 29.1. The van der Waals surface area contributed by atoms with Crippen molar-refractivity contribution in [1.29, 1.82) is 0 Å². The lowest BCUT2D eigenvalue weighted by Crippen LogP contribution is -2.54. The van der Waals surface area contributed by atoms with Crippen LogP contribution in [0.4, 0.5) is 0 Å². The van der Waals surface area contributed by atoms with Crippen molar-refractivity contribution >= 4 is 0 Å². The fraction of sp³-hybridized carbons (Fsp3) is 1.00. The van der Waals surface area contributed by atoms with Crippen LogP contribution in [0.15, 0.2) is 0 Å². The largest absolute Gasteiger partial charge is 0.394 e. The van der Waals surface area contributed by atoms with Crippen molar-refractivity contribution in [3.8, 4) is 0 Å². The number of likely N-dealkylation sites (N-methyl/N-ethyl adjacent to an activating group) is 1. The molecule has 100 valence electrons. The molecule has 1 saturated heterocycles. The van der Waals surface area contributed by atoms with Gasteiger partial charge in [-0.15, -0.1) is 0 Å². The van der Waals surface area contributed by atoms with Crippen LogP contribution in [-0.4, -0.2) is 47.4 Å². The van der Waals surface area contributed by atoms with Gasteiger partial charge in [0.05, 0.1) is 12.2 Å². The van der Waals surface area contributed by atoms with E-state index in [9.17, 15) is 5.11 Å². The van der Waals surface area contributed by atoms with Crippen LogP contribution in [0.2, 0.25) is 0 Å². The van der Waals surface area contributed by atoms with Gasteiger partial charge in [-0.3, -0.25) is 4.90 Å². The van der Waals surface area contributed by atoms with E-state index in [-0.39, 0.29) is 17.7 Å². The molecule has 3 heteroatoms. The summed E-state index contributed by atoms with van der Waals surface area (Å²) >= 11 is 0. The number of nitrogens with zero attached hydrogens (tertiary/aromatic N) is 1. The summed E-state index contributed by atoms with van der Waals surface area (Å²) in [5.41, 5.74) is 0.0461. The van der Waals surface area contributed by atoms with E-state index in [2.05, 4.69) is 25.8 Å². The maximum atomic E-state index is 9.48. The van der Waals surface area contributed by atoms with Crippen LogP contribution in [-0.2, 0) is 4.74 Å². The predicted octanol–water partition coefficient (Wildman–Crippen LogP) is 2.18. The van der Waals surface area contributed by atoms with E-state index in [0.29, 0.717) is 6.04 Å². The minimum atomic E-state index is -0.123. The highest BCUT2D eigenvalue weighted by Crippen LogP contribution is 2.41. The zero-order valence-corrected chi connectivity index (χ0v) is 11.5. The third kappa shape index (κ3) is 2.67. The van der Waals surface area contributed by atoms with Crippen molar-refractivity contribution in [3.63, 3.8) is 0 Å². The van der Waals surface area contributed by atoms with Crippen molar-refractivity contribution in [2.75, 3.05) is 20.3 Å². The predicted molar refractivity (Wildman–Crippen MR) is 69.1 cm³/mol. The molecule has 1 spiro atoms. The van der Waals surface area contributed by atoms with E-state index in [1.54, 1.807) is 0 Å². The van der Waals surface area contributed by atoms with Crippen molar-refractivity contribution in [2.45, 2.75) is 69.6 Å². The minimum Gasteiger partial charge on any atom is -0.394 e. The first-order chi connectivity index (χ1) is 7.99. The number of rotatable bonds is 3. The lowest BCUT2D eigenvalue weighted by molar-refractivity contribution is -0.113. The average molecular weight is 241 g/mol. The molecule has 2 rings (SSSR count). The Bertz CT molecular complexity index is 259. The molecule has 2 aliphatic rings. The number of aliphatic hydroxyl groups excluding tert-OH is 1. The molecule has 0 bridgehead atoms. The lowest BCUT2D eigenvalue weighted by atomic mass is 9.86. The molecule has 1 heterocycles. The molecule has 0 aromatic heterocycles. The Morgan fingerprint density at radius 1 is 1.35 bits per heavy atom. The molecular weight excluding hydrogens is 214 g/mol. The lowest BCUT2D eigenvalue weighted by Gasteiger charge is -2.46. The molecule has 1 saturated carbocycles. The van der Waals surface area contributed by atoms with Gasteiger partial charge < -0.3 is 9.84 Å². The molecule has 1 N–H and O–H groups in total. The maximum absolute atomic E-state index is 9.48. The molecule has 0 radical (unpaired) electrons. The van der Waals surface area contributed by atoms with Gasteiger partial charge >= 0.3 is 0 Å². The maximum Gasteiger partial charge on any atom is 0.0697 e. The van der Waals surface area contributed by atoms with Crippen LogP contribution in [0.25, 0.3) is 0 Å². The summed E-state index contributed by atoms with van der Waals surface area (Å²) in [5.74, 6) is 0. The van der Waals surface area contributed by atoms with Gasteiger partial charge in [0.25, 0.3) is 0 Å². The average Bonchev–Trinajstić information content (AvgIpc) is 2.76. The molecule has 1 unspecified atom stereocenters. The SMILES string of the molecule is CN(C1CCOC2(CCCC2)C1)C(C)(C)CO. The van der Waals surface area contributed by atoms with Gasteiger partial charge in [0.15, 0.2) is 0 Å². The van der Waals surface area contributed by atoms with Gasteiger partial charge in [-0.25, -0.2) is 0 Å². The summed E-state index contributed by atoms with van der Waals surface area (Å²) in [5, 5.41) is 9.48. The second kappa shape index (κ2) is 4.87. The second-order valence-electron chi connectivity index (χ2n) is 6.47. The highest BCUT2D eigenvalue weighted by atomic mass is 16.5. The molecule has 0 aromatic carbocycles. The van der Waals surface area contributed by atoms with E-state index >= 15 is 0 Å².